The molecule has 0 aliphatic rings. The Morgan fingerprint density at radius 3 is 2.36 bits per heavy atom. The number of rotatable bonds is 8. The SMILES string of the molecule is COc1ccc(CCN)cc1OCCOc1ccc(Cl)cc1. The molecule has 0 heterocycles. The molecule has 2 rings (SSSR count). The molecule has 22 heavy (non-hydrogen) atoms. The fourth-order valence-electron chi connectivity index (χ4n) is 2.00. The average molecular weight is 322 g/mol. The summed E-state index contributed by atoms with van der Waals surface area (Å²) in [6, 6.07) is 13.1. The molecule has 0 bridgehead atoms. The van der Waals surface area contributed by atoms with Crippen molar-refractivity contribution in [2.45, 2.75) is 6.42 Å². The first-order valence-corrected chi connectivity index (χ1v) is 7.49. The van der Waals surface area contributed by atoms with Gasteiger partial charge in [0, 0.05) is 5.02 Å². The third-order valence-corrected chi connectivity index (χ3v) is 3.34. The number of methoxy groups -OCH3 is 1. The van der Waals surface area contributed by atoms with Crippen molar-refractivity contribution in [3.05, 3.63) is 53.1 Å². The fourth-order valence-corrected chi connectivity index (χ4v) is 2.12. The van der Waals surface area contributed by atoms with Gasteiger partial charge in [0.05, 0.1) is 7.11 Å². The van der Waals surface area contributed by atoms with E-state index in [4.69, 9.17) is 31.5 Å². The maximum Gasteiger partial charge on any atom is 0.161 e. The minimum Gasteiger partial charge on any atom is -0.493 e. The van der Waals surface area contributed by atoms with Crippen LogP contribution in [0.15, 0.2) is 42.5 Å². The van der Waals surface area contributed by atoms with Crippen LogP contribution in [0.4, 0.5) is 0 Å². The summed E-state index contributed by atoms with van der Waals surface area (Å²) < 4.78 is 16.6. The summed E-state index contributed by atoms with van der Waals surface area (Å²) in [5, 5.41) is 0.685. The summed E-state index contributed by atoms with van der Waals surface area (Å²) in [7, 11) is 1.62. The van der Waals surface area contributed by atoms with Crippen molar-refractivity contribution in [3.63, 3.8) is 0 Å². The predicted octanol–water partition coefficient (Wildman–Crippen LogP) is 3.31. The molecule has 2 N–H and O–H groups in total. The normalized spacial score (nSPS) is 10.3. The molecule has 0 spiro atoms. The van der Waals surface area contributed by atoms with E-state index in [1.165, 1.54) is 0 Å². The van der Waals surface area contributed by atoms with Crippen LogP contribution in [-0.2, 0) is 6.42 Å². The molecule has 0 unspecified atom stereocenters. The molecule has 0 saturated carbocycles. The Balaban J connectivity index is 1.87. The van der Waals surface area contributed by atoms with Gasteiger partial charge >= 0.3 is 0 Å². The van der Waals surface area contributed by atoms with E-state index in [-0.39, 0.29) is 0 Å². The topological polar surface area (TPSA) is 53.7 Å². The van der Waals surface area contributed by atoms with Gasteiger partial charge in [-0.1, -0.05) is 17.7 Å². The summed E-state index contributed by atoms with van der Waals surface area (Å²) in [5.41, 5.74) is 6.70. The van der Waals surface area contributed by atoms with E-state index in [2.05, 4.69) is 0 Å². The monoisotopic (exact) mass is 321 g/mol. The van der Waals surface area contributed by atoms with Crippen LogP contribution < -0.4 is 19.9 Å². The van der Waals surface area contributed by atoms with Gasteiger partial charge in [-0.15, -0.1) is 0 Å². The van der Waals surface area contributed by atoms with Crippen molar-refractivity contribution < 1.29 is 14.2 Å². The Kier molecular flexibility index (Phi) is 6.37. The van der Waals surface area contributed by atoms with Crippen LogP contribution in [0.2, 0.25) is 5.02 Å². The Hall–Kier alpha value is -1.91. The van der Waals surface area contributed by atoms with Gasteiger partial charge < -0.3 is 19.9 Å². The van der Waals surface area contributed by atoms with Crippen molar-refractivity contribution >= 4 is 11.6 Å². The zero-order valence-corrected chi connectivity index (χ0v) is 13.3. The third-order valence-electron chi connectivity index (χ3n) is 3.08. The molecule has 0 aliphatic heterocycles. The van der Waals surface area contributed by atoms with Gasteiger partial charge in [-0.3, -0.25) is 0 Å². The molecule has 0 fully saturated rings. The number of hydrogen-bond donors (Lipinski definition) is 1. The van der Waals surface area contributed by atoms with Crippen molar-refractivity contribution in [1.82, 2.24) is 0 Å². The smallest absolute Gasteiger partial charge is 0.161 e. The van der Waals surface area contributed by atoms with Crippen LogP contribution in [0.5, 0.6) is 17.2 Å². The van der Waals surface area contributed by atoms with Gasteiger partial charge in [0.15, 0.2) is 11.5 Å². The van der Waals surface area contributed by atoms with Crippen LogP contribution in [0.3, 0.4) is 0 Å². The zero-order chi connectivity index (χ0) is 15.8. The lowest BCUT2D eigenvalue weighted by Crippen LogP contribution is -2.10. The number of nitrogens with two attached hydrogens (primary N) is 1. The Bertz CT molecular complexity index is 587. The van der Waals surface area contributed by atoms with Gasteiger partial charge in [-0.25, -0.2) is 0 Å². The van der Waals surface area contributed by atoms with Crippen molar-refractivity contribution in [3.8, 4) is 17.2 Å². The van der Waals surface area contributed by atoms with Crippen molar-refractivity contribution in [2.24, 2.45) is 5.73 Å². The maximum atomic E-state index is 5.82. The molecule has 0 saturated heterocycles. The van der Waals surface area contributed by atoms with Crippen molar-refractivity contribution in [1.29, 1.82) is 0 Å². The highest BCUT2D eigenvalue weighted by Crippen LogP contribution is 2.28. The number of ether oxygens (including phenoxy) is 3. The molecule has 118 valence electrons. The minimum absolute atomic E-state index is 0.422. The molecule has 4 nitrogen and oxygen atoms in total. The van der Waals surface area contributed by atoms with E-state index in [9.17, 15) is 0 Å². The first-order chi connectivity index (χ1) is 10.7. The Labute approximate surface area is 135 Å². The molecule has 0 amide bonds. The van der Waals surface area contributed by atoms with E-state index in [1.807, 2.05) is 30.3 Å². The maximum absolute atomic E-state index is 5.82. The van der Waals surface area contributed by atoms with Gasteiger partial charge in [0.2, 0.25) is 0 Å². The number of hydrogen-bond acceptors (Lipinski definition) is 4. The second kappa shape index (κ2) is 8.51. The molecule has 5 heteroatoms. The van der Waals surface area contributed by atoms with E-state index < -0.39 is 0 Å². The number of benzene rings is 2. The van der Waals surface area contributed by atoms with E-state index in [0.717, 1.165) is 17.7 Å². The zero-order valence-electron chi connectivity index (χ0n) is 12.5. The van der Waals surface area contributed by atoms with Crippen LogP contribution in [0.25, 0.3) is 0 Å². The Morgan fingerprint density at radius 1 is 0.955 bits per heavy atom. The molecule has 2 aromatic rings. The van der Waals surface area contributed by atoms with Gasteiger partial charge in [-0.05, 0) is 54.9 Å². The summed E-state index contributed by atoms with van der Waals surface area (Å²) in [6.07, 6.45) is 0.807. The summed E-state index contributed by atoms with van der Waals surface area (Å²) in [4.78, 5) is 0. The molecule has 0 radical (unpaired) electrons. The lowest BCUT2D eigenvalue weighted by Gasteiger charge is -2.13. The minimum atomic E-state index is 0.422. The quantitative estimate of drug-likeness (QED) is 0.758. The standard InChI is InChI=1S/C17H20ClNO3/c1-20-16-7-2-13(8-9-19)12-17(16)22-11-10-21-15-5-3-14(18)4-6-15/h2-7,12H,8-11,19H2,1H3. The van der Waals surface area contributed by atoms with Crippen molar-refractivity contribution in [2.75, 3.05) is 26.9 Å². The van der Waals surface area contributed by atoms with Gasteiger partial charge in [-0.2, -0.15) is 0 Å². The lowest BCUT2D eigenvalue weighted by molar-refractivity contribution is 0.211. The van der Waals surface area contributed by atoms with Crippen LogP contribution in [0.1, 0.15) is 5.56 Å². The van der Waals surface area contributed by atoms with E-state index in [1.54, 1.807) is 19.2 Å². The first kappa shape index (κ1) is 16.5. The molecule has 0 aliphatic carbocycles. The largest absolute Gasteiger partial charge is 0.493 e. The molecule has 0 atom stereocenters. The molecular formula is C17H20ClNO3. The third kappa shape index (κ3) is 4.83. The van der Waals surface area contributed by atoms with E-state index >= 15 is 0 Å². The first-order valence-electron chi connectivity index (χ1n) is 7.11. The van der Waals surface area contributed by atoms with E-state index in [0.29, 0.717) is 36.3 Å². The summed E-state index contributed by atoms with van der Waals surface area (Å²) in [6.45, 7) is 1.46. The second-order valence-corrected chi connectivity index (χ2v) is 5.11. The molecule has 0 aromatic heterocycles. The Morgan fingerprint density at radius 2 is 1.68 bits per heavy atom. The highest BCUT2D eigenvalue weighted by molar-refractivity contribution is 6.30. The fraction of sp³-hybridized carbons (Fsp3) is 0.294. The molecular weight excluding hydrogens is 302 g/mol. The highest BCUT2D eigenvalue weighted by atomic mass is 35.5. The van der Waals surface area contributed by atoms with Gasteiger partial charge in [0.25, 0.3) is 0 Å². The summed E-state index contributed by atoms with van der Waals surface area (Å²) in [5.74, 6) is 2.16. The number of halogens is 1. The van der Waals surface area contributed by atoms with Gasteiger partial charge in [0.1, 0.15) is 19.0 Å². The summed E-state index contributed by atoms with van der Waals surface area (Å²) >= 11 is 5.82. The average Bonchev–Trinajstić information content (AvgIpc) is 2.54. The van der Waals surface area contributed by atoms with Crippen LogP contribution in [0, 0.1) is 0 Å². The predicted molar refractivity (Wildman–Crippen MR) is 88.2 cm³/mol. The highest BCUT2D eigenvalue weighted by Gasteiger charge is 2.06. The second-order valence-electron chi connectivity index (χ2n) is 4.67. The van der Waals surface area contributed by atoms with Crippen LogP contribution >= 0.6 is 11.6 Å². The molecule has 2 aromatic carbocycles. The van der Waals surface area contributed by atoms with Crippen LogP contribution in [-0.4, -0.2) is 26.9 Å². The lowest BCUT2D eigenvalue weighted by atomic mass is 10.1.